The molecule has 160 valence electrons. The maximum Gasteiger partial charge on any atom is 0.311 e. The van der Waals surface area contributed by atoms with Crippen LogP contribution in [-0.2, 0) is 5.41 Å². The maximum atomic E-state index is 11.5. The summed E-state index contributed by atoms with van der Waals surface area (Å²) in [5.41, 5.74) is -0.352. The second kappa shape index (κ2) is 7.66. The molecule has 4 aromatic rings. The van der Waals surface area contributed by atoms with Crippen molar-refractivity contribution in [1.82, 2.24) is 0 Å². The van der Waals surface area contributed by atoms with E-state index in [4.69, 9.17) is 0 Å². The molecule has 0 aromatic heterocycles. The van der Waals surface area contributed by atoms with Gasteiger partial charge in [0.2, 0.25) is 0 Å². The normalized spacial score (nSPS) is 11.4. The van der Waals surface area contributed by atoms with E-state index in [1.54, 1.807) is 19.1 Å². The lowest BCUT2D eigenvalue weighted by Gasteiger charge is -2.33. The van der Waals surface area contributed by atoms with Gasteiger partial charge in [0.25, 0.3) is 0 Å². The third-order valence-electron chi connectivity index (χ3n) is 5.83. The summed E-state index contributed by atoms with van der Waals surface area (Å²) in [4.78, 5) is 21.6. The van der Waals surface area contributed by atoms with Gasteiger partial charge in [-0.05, 0) is 46.5 Å². The van der Waals surface area contributed by atoms with Gasteiger partial charge in [-0.25, -0.2) is 0 Å². The van der Waals surface area contributed by atoms with Crippen LogP contribution in [0.2, 0.25) is 0 Å². The average Bonchev–Trinajstić information content (AvgIpc) is 2.78. The Balaban J connectivity index is 2.11. The molecule has 0 aliphatic heterocycles. The van der Waals surface area contributed by atoms with E-state index in [1.807, 2.05) is 42.5 Å². The molecule has 0 amide bonds. The van der Waals surface area contributed by atoms with Crippen LogP contribution in [0.5, 0.6) is 11.5 Å². The molecule has 0 fully saturated rings. The number of nitro groups is 2. The molecular formula is C24H18N2O6. The van der Waals surface area contributed by atoms with Crippen molar-refractivity contribution < 1.29 is 20.1 Å². The van der Waals surface area contributed by atoms with Gasteiger partial charge in [-0.1, -0.05) is 54.6 Å². The topological polar surface area (TPSA) is 127 Å². The third kappa shape index (κ3) is 3.27. The fourth-order valence-corrected chi connectivity index (χ4v) is 4.10. The van der Waals surface area contributed by atoms with E-state index in [1.165, 1.54) is 24.3 Å². The van der Waals surface area contributed by atoms with E-state index >= 15 is 0 Å². The van der Waals surface area contributed by atoms with E-state index in [2.05, 4.69) is 0 Å². The number of aromatic hydroxyl groups is 2. The van der Waals surface area contributed by atoms with Crippen molar-refractivity contribution in [2.24, 2.45) is 0 Å². The SMILES string of the molecule is CC(c1ccc(O)c([N+](=O)[O-])c1)(c1ccc(O)c([N+](=O)[O-])c1)c1cccc2ccccc12. The zero-order valence-corrected chi connectivity index (χ0v) is 16.9. The van der Waals surface area contributed by atoms with Crippen LogP contribution in [0.1, 0.15) is 23.6 Å². The molecule has 32 heavy (non-hydrogen) atoms. The zero-order chi connectivity index (χ0) is 23.0. The Bertz CT molecular complexity index is 1310. The van der Waals surface area contributed by atoms with Gasteiger partial charge in [0, 0.05) is 17.5 Å². The van der Waals surface area contributed by atoms with Crippen molar-refractivity contribution in [3.8, 4) is 11.5 Å². The fourth-order valence-electron chi connectivity index (χ4n) is 4.10. The van der Waals surface area contributed by atoms with Crippen molar-refractivity contribution >= 4 is 22.1 Å². The quantitative estimate of drug-likeness (QED) is 0.247. The molecule has 0 saturated heterocycles. The molecule has 2 N–H and O–H groups in total. The van der Waals surface area contributed by atoms with Gasteiger partial charge in [0.1, 0.15) is 0 Å². The molecule has 4 rings (SSSR count). The minimum atomic E-state index is -1.09. The van der Waals surface area contributed by atoms with Crippen LogP contribution >= 0.6 is 0 Å². The first-order valence-corrected chi connectivity index (χ1v) is 9.67. The summed E-state index contributed by atoms with van der Waals surface area (Å²) in [6.45, 7) is 1.81. The van der Waals surface area contributed by atoms with Crippen molar-refractivity contribution in [3.63, 3.8) is 0 Å². The predicted molar refractivity (Wildman–Crippen MR) is 119 cm³/mol. The first kappa shape index (κ1) is 20.8. The highest BCUT2D eigenvalue weighted by Crippen LogP contribution is 2.45. The molecule has 0 aliphatic carbocycles. The Hall–Kier alpha value is -4.46. The highest BCUT2D eigenvalue weighted by molar-refractivity contribution is 5.88. The number of rotatable bonds is 5. The smallest absolute Gasteiger partial charge is 0.311 e. The van der Waals surface area contributed by atoms with Gasteiger partial charge in [0.15, 0.2) is 11.5 Å². The third-order valence-corrected chi connectivity index (χ3v) is 5.83. The van der Waals surface area contributed by atoms with Crippen LogP contribution in [0, 0.1) is 20.2 Å². The lowest BCUT2D eigenvalue weighted by Crippen LogP contribution is -2.26. The van der Waals surface area contributed by atoms with Gasteiger partial charge >= 0.3 is 11.4 Å². The molecule has 8 nitrogen and oxygen atoms in total. The largest absolute Gasteiger partial charge is 0.502 e. The first-order chi connectivity index (χ1) is 15.2. The van der Waals surface area contributed by atoms with E-state index in [-0.39, 0.29) is 0 Å². The van der Waals surface area contributed by atoms with Gasteiger partial charge in [-0.15, -0.1) is 0 Å². The number of nitrogens with zero attached hydrogens (tertiary/aromatic N) is 2. The summed E-state index contributed by atoms with van der Waals surface area (Å²) in [7, 11) is 0. The van der Waals surface area contributed by atoms with Gasteiger partial charge in [-0.2, -0.15) is 0 Å². The van der Waals surface area contributed by atoms with Crippen LogP contribution in [0.3, 0.4) is 0 Å². The van der Waals surface area contributed by atoms with Crippen molar-refractivity contribution in [2.45, 2.75) is 12.3 Å². The van der Waals surface area contributed by atoms with Gasteiger partial charge in [-0.3, -0.25) is 20.2 Å². The van der Waals surface area contributed by atoms with Crippen LogP contribution in [0.4, 0.5) is 11.4 Å². The second-order valence-corrected chi connectivity index (χ2v) is 7.57. The first-order valence-electron chi connectivity index (χ1n) is 9.67. The second-order valence-electron chi connectivity index (χ2n) is 7.57. The van der Waals surface area contributed by atoms with Gasteiger partial charge in [0.05, 0.1) is 9.85 Å². The number of benzene rings is 4. The Kier molecular flexibility index (Phi) is 4.98. The summed E-state index contributed by atoms with van der Waals surface area (Å²) in [5, 5.41) is 44.7. The molecular weight excluding hydrogens is 412 g/mol. The summed E-state index contributed by atoms with van der Waals surface area (Å²) in [6, 6.07) is 21.4. The molecule has 0 atom stereocenters. The van der Waals surface area contributed by atoms with E-state index < -0.39 is 38.1 Å². The minimum absolute atomic E-state index is 0.457. The number of fused-ring (bicyclic) bond motifs is 1. The number of phenolic OH excluding ortho intramolecular Hbond substituents is 2. The Morgan fingerprint density at radius 2 is 1.22 bits per heavy atom. The molecule has 8 heteroatoms. The predicted octanol–water partition coefficient (Wildman–Crippen LogP) is 5.42. The van der Waals surface area contributed by atoms with Crippen LogP contribution < -0.4 is 0 Å². The molecule has 0 aliphatic rings. The lowest BCUT2D eigenvalue weighted by atomic mass is 9.69. The monoisotopic (exact) mass is 430 g/mol. The standard InChI is InChI=1S/C24H18N2O6/c1-24(16-9-11-22(27)20(13-16)25(29)30,17-10-12-23(28)21(14-17)26(31)32)19-8-4-6-15-5-2-3-7-18(15)19/h2-14,27-28H,1H3. The Labute approximate surface area is 182 Å². The maximum absolute atomic E-state index is 11.5. The van der Waals surface area contributed by atoms with Crippen LogP contribution in [-0.4, -0.2) is 20.1 Å². The van der Waals surface area contributed by atoms with Crippen LogP contribution in [0.15, 0.2) is 78.9 Å². The lowest BCUT2D eigenvalue weighted by molar-refractivity contribution is -0.386. The van der Waals surface area contributed by atoms with E-state index in [0.29, 0.717) is 11.1 Å². The molecule has 0 heterocycles. The summed E-state index contributed by atoms with van der Waals surface area (Å²) in [5.74, 6) is -0.952. The summed E-state index contributed by atoms with van der Waals surface area (Å²) in [6.07, 6.45) is 0. The van der Waals surface area contributed by atoms with Crippen molar-refractivity contribution in [3.05, 3.63) is 116 Å². The molecule has 0 bridgehead atoms. The van der Waals surface area contributed by atoms with E-state index in [0.717, 1.165) is 16.3 Å². The number of phenols is 2. The van der Waals surface area contributed by atoms with Gasteiger partial charge < -0.3 is 10.2 Å². The Morgan fingerprint density at radius 3 is 1.75 bits per heavy atom. The molecule has 0 unspecified atom stereocenters. The highest BCUT2D eigenvalue weighted by Gasteiger charge is 2.36. The number of hydrogen-bond acceptors (Lipinski definition) is 6. The fraction of sp³-hybridized carbons (Fsp3) is 0.0833. The van der Waals surface area contributed by atoms with Crippen LogP contribution in [0.25, 0.3) is 10.8 Å². The zero-order valence-electron chi connectivity index (χ0n) is 16.9. The molecule has 0 saturated carbocycles. The summed E-state index contributed by atoms with van der Waals surface area (Å²) < 4.78 is 0. The van der Waals surface area contributed by atoms with E-state index in [9.17, 15) is 30.4 Å². The minimum Gasteiger partial charge on any atom is -0.502 e. The summed E-state index contributed by atoms with van der Waals surface area (Å²) >= 11 is 0. The Morgan fingerprint density at radius 1 is 0.719 bits per heavy atom. The average molecular weight is 430 g/mol. The van der Waals surface area contributed by atoms with Crippen molar-refractivity contribution in [1.29, 1.82) is 0 Å². The highest BCUT2D eigenvalue weighted by atomic mass is 16.6. The molecule has 0 spiro atoms. The number of nitro benzene ring substituents is 2. The number of hydrogen-bond donors (Lipinski definition) is 2. The van der Waals surface area contributed by atoms with Crippen molar-refractivity contribution in [2.75, 3.05) is 0 Å². The molecule has 4 aromatic carbocycles. The molecule has 0 radical (unpaired) electrons.